The Kier molecular flexibility index (Phi) is 7.64. The first-order valence-electron chi connectivity index (χ1n) is 9.87. The third-order valence-electron chi connectivity index (χ3n) is 4.95. The normalized spacial score (nSPS) is 19.2. The van der Waals surface area contributed by atoms with Crippen LogP contribution in [0.4, 0.5) is 5.82 Å². The lowest BCUT2D eigenvalue weighted by molar-refractivity contribution is 0.0298. The molecule has 0 spiro atoms. The highest BCUT2D eigenvalue weighted by molar-refractivity contribution is 5.92. The first-order chi connectivity index (χ1) is 12.8. The van der Waals surface area contributed by atoms with Crippen molar-refractivity contribution in [2.75, 3.05) is 44.8 Å². The second kappa shape index (κ2) is 10.4. The lowest BCUT2D eigenvalue weighted by Crippen LogP contribution is -2.41. The van der Waals surface area contributed by atoms with E-state index in [2.05, 4.69) is 15.3 Å². The zero-order chi connectivity index (χ0) is 18.0. The average molecular weight is 362 g/mol. The SMILES string of the molecule is O=C(c1cnc(NCCCOC2CCCCCC2)cn1)N1CCOCC1. The Bertz CT molecular complexity index is 538. The fourth-order valence-electron chi connectivity index (χ4n) is 3.41. The number of nitrogens with zero attached hydrogens (tertiary/aromatic N) is 3. The zero-order valence-electron chi connectivity index (χ0n) is 15.5. The summed E-state index contributed by atoms with van der Waals surface area (Å²) >= 11 is 0. The molecule has 1 saturated carbocycles. The van der Waals surface area contributed by atoms with Crippen molar-refractivity contribution in [3.8, 4) is 0 Å². The van der Waals surface area contributed by atoms with E-state index in [1.54, 1.807) is 17.3 Å². The van der Waals surface area contributed by atoms with E-state index in [-0.39, 0.29) is 5.91 Å². The molecule has 2 heterocycles. The standard InChI is InChI=1S/C19H30N4O3/c24-19(23-9-12-25-13-10-23)17-14-22-18(15-21-17)20-8-5-11-26-16-6-3-1-2-4-7-16/h14-16H,1-13H2,(H,20,22). The minimum atomic E-state index is -0.0795. The third kappa shape index (κ3) is 5.92. The Morgan fingerprint density at radius 1 is 1.15 bits per heavy atom. The van der Waals surface area contributed by atoms with Gasteiger partial charge in [-0.25, -0.2) is 9.97 Å². The molecular formula is C19H30N4O3. The van der Waals surface area contributed by atoms with Crippen LogP contribution in [-0.2, 0) is 9.47 Å². The number of anilines is 1. The van der Waals surface area contributed by atoms with Gasteiger partial charge in [0.2, 0.25) is 0 Å². The predicted octanol–water partition coefficient (Wildman–Crippen LogP) is 2.49. The van der Waals surface area contributed by atoms with E-state index in [0.29, 0.717) is 43.9 Å². The van der Waals surface area contributed by atoms with Crippen molar-refractivity contribution in [2.45, 2.75) is 51.0 Å². The van der Waals surface area contributed by atoms with Crippen LogP contribution in [-0.4, -0.2) is 66.3 Å². The highest BCUT2D eigenvalue weighted by Gasteiger charge is 2.19. The van der Waals surface area contributed by atoms with Gasteiger partial charge in [0.25, 0.3) is 5.91 Å². The maximum absolute atomic E-state index is 12.3. The van der Waals surface area contributed by atoms with E-state index in [1.807, 2.05) is 0 Å². The number of morpholine rings is 1. The van der Waals surface area contributed by atoms with E-state index in [1.165, 1.54) is 38.5 Å². The molecule has 2 aliphatic rings. The van der Waals surface area contributed by atoms with Crippen molar-refractivity contribution in [1.29, 1.82) is 0 Å². The second-order valence-electron chi connectivity index (χ2n) is 6.96. The molecule has 1 aromatic heterocycles. The molecule has 0 unspecified atom stereocenters. The van der Waals surface area contributed by atoms with Crippen molar-refractivity contribution >= 4 is 11.7 Å². The second-order valence-corrected chi connectivity index (χ2v) is 6.96. The van der Waals surface area contributed by atoms with Gasteiger partial charge < -0.3 is 19.7 Å². The van der Waals surface area contributed by atoms with Crippen LogP contribution in [0.5, 0.6) is 0 Å². The molecule has 0 radical (unpaired) electrons. The fraction of sp³-hybridized carbons (Fsp3) is 0.737. The first kappa shape index (κ1) is 19.0. The van der Waals surface area contributed by atoms with Crippen LogP contribution in [0.2, 0.25) is 0 Å². The number of amides is 1. The predicted molar refractivity (Wildman–Crippen MR) is 99.3 cm³/mol. The Morgan fingerprint density at radius 3 is 2.62 bits per heavy atom. The van der Waals surface area contributed by atoms with Gasteiger partial charge in [-0.15, -0.1) is 0 Å². The summed E-state index contributed by atoms with van der Waals surface area (Å²) in [5, 5.41) is 3.24. The van der Waals surface area contributed by atoms with Crippen LogP contribution in [0.3, 0.4) is 0 Å². The van der Waals surface area contributed by atoms with Gasteiger partial charge in [0, 0.05) is 26.2 Å². The Balaban J connectivity index is 1.34. The molecule has 0 aromatic carbocycles. The fourth-order valence-corrected chi connectivity index (χ4v) is 3.41. The van der Waals surface area contributed by atoms with Crippen molar-refractivity contribution < 1.29 is 14.3 Å². The number of ether oxygens (including phenoxy) is 2. The number of hydrogen-bond acceptors (Lipinski definition) is 6. The maximum Gasteiger partial charge on any atom is 0.274 e. The Labute approximate surface area is 155 Å². The summed E-state index contributed by atoms with van der Waals surface area (Å²) < 4.78 is 11.2. The monoisotopic (exact) mass is 362 g/mol. The van der Waals surface area contributed by atoms with Gasteiger partial charge in [0.05, 0.1) is 31.7 Å². The van der Waals surface area contributed by atoms with Crippen molar-refractivity contribution in [3.05, 3.63) is 18.1 Å². The van der Waals surface area contributed by atoms with E-state index >= 15 is 0 Å². The molecule has 1 N–H and O–H groups in total. The number of carbonyl (C=O) groups excluding carboxylic acids is 1. The van der Waals surface area contributed by atoms with Crippen LogP contribution in [0.15, 0.2) is 12.4 Å². The summed E-state index contributed by atoms with van der Waals surface area (Å²) in [6, 6.07) is 0. The van der Waals surface area contributed by atoms with E-state index in [4.69, 9.17) is 9.47 Å². The molecular weight excluding hydrogens is 332 g/mol. The summed E-state index contributed by atoms with van der Waals surface area (Å²) in [6.07, 6.45) is 12.3. The van der Waals surface area contributed by atoms with Gasteiger partial charge in [0.15, 0.2) is 0 Å². The molecule has 144 valence electrons. The summed E-state index contributed by atoms with van der Waals surface area (Å²) in [5.41, 5.74) is 0.383. The van der Waals surface area contributed by atoms with Crippen molar-refractivity contribution in [3.63, 3.8) is 0 Å². The topological polar surface area (TPSA) is 76.6 Å². The van der Waals surface area contributed by atoms with Gasteiger partial charge in [-0.2, -0.15) is 0 Å². The first-order valence-corrected chi connectivity index (χ1v) is 9.87. The molecule has 7 heteroatoms. The molecule has 7 nitrogen and oxygen atoms in total. The molecule has 3 rings (SSSR count). The van der Waals surface area contributed by atoms with Crippen LogP contribution in [0, 0.1) is 0 Å². The van der Waals surface area contributed by atoms with E-state index in [9.17, 15) is 4.79 Å². The largest absolute Gasteiger partial charge is 0.378 e. The van der Waals surface area contributed by atoms with Gasteiger partial charge in [-0.05, 0) is 19.3 Å². The molecule has 0 bridgehead atoms. The maximum atomic E-state index is 12.3. The molecule has 26 heavy (non-hydrogen) atoms. The summed E-state index contributed by atoms with van der Waals surface area (Å²) in [4.78, 5) is 22.6. The smallest absolute Gasteiger partial charge is 0.274 e. The molecule has 1 amide bonds. The number of carbonyl (C=O) groups is 1. The molecule has 1 saturated heterocycles. The number of hydrogen-bond donors (Lipinski definition) is 1. The molecule has 1 aliphatic carbocycles. The third-order valence-corrected chi connectivity index (χ3v) is 4.95. The van der Waals surface area contributed by atoms with Crippen molar-refractivity contribution in [1.82, 2.24) is 14.9 Å². The number of rotatable bonds is 7. The molecule has 2 fully saturated rings. The van der Waals surface area contributed by atoms with E-state index in [0.717, 1.165) is 19.6 Å². The number of aromatic nitrogens is 2. The van der Waals surface area contributed by atoms with Crippen LogP contribution in [0.25, 0.3) is 0 Å². The minimum Gasteiger partial charge on any atom is -0.378 e. The lowest BCUT2D eigenvalue weighted by Gasteiger charge is -2.26. The van der Waals surface area contributed by atoms with Crippen LogP contribution in [0.1, 0.15) is 55.4 Å². The van der Waals surface area contributed by atoms with Crippen LogP contribution >= 0.6 is 0 Å². The van der Waals surface area contributed by atoms with Gasteiger partial charge in [-0.1, -0.05) is 25.7 Å². The van der Waals surface area contributed by atoms with Crippen LogP contribution < -0.4 is 5.32 Å². The molecule has 1 aromatic rings. The quantitative estimate of drug-likeness (QED) is 0.593. The Hall–Kier alpha value is -1.73. The highest BCUT2D eigenvalue weighted by atomic mass is 16.5. The molecule has 1 aliphatic heterocycles. The van der Waals surface area contributed by atoms with Gasteiger partial charge >= 0.3 is 0 Å². The average Bonchev–Trinajstić information content (AvgIpc) is 2.97. The van der Waals surface area contributed by atoms with Crippen molar-refractivity contribution in [2.24, 2.45) is 0 Å². The summed E-state index contributed by atoms with van der Waals surface area (Å²) in [7, 11) is 0. The highest BCUT2D eigenvalue weighted by Crippen LogP contribution is 2.19. The zero-order valence-corrected chi connectivity index (χ0v) is 15.5. The minimum absolute atomic E-state index is 0.0795. The summed E-state index contributed by atoms with van der Waals surface area (Å²) in [6.45, 7) is 3.96. The number of nitrogens with one attached hydrogen (secondary N) is 1. The Morgan fingerprint density at radius 2 is 1.92 bits per heavy atom. The van der Waals surface area contributed by atoms with Gasteiger partial charge in [-0.3, -0.25) is 4.79 Å². The molecule has 0 atom stereocenters. The lowest BCUT2D eigenvalue weighted by atomic mass is 10.1. The van der Waals surface area contributed by atoms with Gasteiger partial charge in [0.1, 0.15) is 11.5 Å². The summed E-state index contributed by atoms with van der Waals surface area (Å²) in [5.74, 6) is 0.613. The van der Waals surface area contributed by atoms with E-state index < -0.39 is 0 Å².